The van der Waals surface area contributed by atoms with E-state index < -0.39 is 16.5 Å². The molecule has 0 fully saturated rings. The van der Waals surface area contributed by atoms with Gasteiger partial charge < -0.3 is 4.74 Å². The van der Waals surface area contributed by atoms with Crippen LogP contribution in [-0.2, 0) is 0 Å². The minimum Gasteiger partial charge on any atom is -0.496 e. The molecular formula is C16H14Br2F2O. The molecule has 0 bridgehead atoms. The molecule has 0 aliphatic heterocycles. The second-order valence-electron chi connectivity index (χ2n) is 4.75. The van der Waals surface area contributed by atoms with E-state index in [-0.39, 0.29) is 5.56 Å². The third-order valence-electron chi connectivity index (χ3n) is 3.42. The van der Waals surface area contributed by atoms with Crippen LogP contribution in [0.2, 0.25) is 0 Å². The van der Waals surface area contributed by atoms with Crippen molar-refractivity contribution < 1.29 is 13.5 Å². The van der Waals surface area contributed by atoms with E-state index in [4.69, 9.17) is 4.74 Å². The SMILES string of the molecule is COc1c(C)cc(Br)c(C)c1C(Br)c1cccc(F)c1F. The van der Waals surface area contributed by atoms with Crippen molar-refractivity contribution in [3.8, 4) is 5.75 Å². The van der Waals surface area contributed by atoms with Crippen molar-refractivity contribution in [3.63, 3.8) is 0 Å². The smallest absolute Gasteiger partial charge is 0.163 e. The van der Waals surface area contributed by atoms with Gasteiger partial charge in [0.1, 0.15) is 5.75 Å². The second-order valence-corrected chi connectivity index (χ2v) is 6.52. The molecular weight excluding hydrogens is 406 g/mol. The highest BCUT2D eigenvalue weighted by atomic mass is 79.9. The minimum atomic E-state index is -0.861. The average molecular weight is 420 g/mol. The second kappa shape index (κ2) is 6.44. The largest absolute Gasteiger partial charge is 0.496 e. The molecule has 0 N–H and O–H groups in total. The Labute approximate surface area is 139 Å². The van der Waals surface area contributed by atoms with Crippen LogP contribution in [0, 0.1) is 25.5 Å². The van der Waals surface area contributed by atoms with Crippen molar-refractivity contribution in [1.29, 1.82) is 0 Å². The molecule has 2 rings (SSSR count). The van der Waals surface area contributed by atoms with Crippen LogP contribution in [0.5, 0.6) is 5.75 Å². The predicted molar refractivity (Wildman–Crippen MR) is 87.3 cm³/mol. The molecule has 1 atom stereocenters. The van der Waals surface area contributed by atoms with Crippen molar-refractivity contribution in [2.45, 2.75) is 18.7 Å². The molecule has 0 amide bonds. The van der Waals surface area contributed by atoms with Gasteiger partial charge >= 0.3 is 0 Å². The monoisotopic (exact) mass is 418 g/mol. The zero-order valence-corrected chi connectivity index (χ0v) is 15.0. The van der Waals surface area contributed by atoms with Gasteiger partial charge in [-0.15, -0.1) is 0 Å². The molecule has 1 nitrogen and oxygen atoms in total. The zero-order chi connectivity index (χ0) is 15.7. The lowest BCUT2D eigenvalue weighted by Gasteiger charge is -2.21. The summed E-state index contributed by atoms with van der Waals surface area (Å²) in [7, 11) is 1.57. The van der Waals surface area contributed by atoms with Crippen LogP contribution >= 0.6 is 31.9 Å². The molecule has 21 heavy (non-hydrogen) atoms. The number of alkyl halides is 1. The molecule has 112 valence electrons. The van der Waals surface area contributed by atoms with Crippen LogP contribution in [0.3, 0.4) is 0 Å². The third-order valence-corrected chi connectivity index (χ3v) is 5.20. The summed E-state index contributed by atoms with van der Waals surface area (Å²) in [6.45, 7) is 3.82. The molecule has 0 spiro atoms. The Morgan fingerprint density at radius 1 is 1.19 bits per heavy atom. The Kier molecular flexibility index (Phi) is 5.04. The maximum Gasteiger partial charge on any atom is 0.163 e. The van der Waals surface area contributed by atoms with Gasteiger partial charge in [0.2, 0.25) is 0 Å². The minimum absolute atomic E-state index is 0.244. The molecule has 0 saturated heterocycles. The van der Waals surface area contributed by atoms with Crippen molar-refractivity contribution in [1.82, 2.24) is 0 Å². The van der Waals surface area contributed by atoms with Crippen LogP contribution in [-0.4, -0.2) is 7.11 Å². The van der Waals surface area contributed by atoms with Gasteiger partial charge in [-0.05, 0) is 37.1 Å². The van der Waals surface area contributed by atoms with Gasteiger partial charge in [0.25, 0.3) is 0 Å². The van der Waals surface area contributed by atoms with E-state index in [2.05, 4.69) is 31.9 Å². The van der Waals surface area contributed by atoms with E-state index >= 15 is 0 Å². The molecule has 2 aromatic carbocycles. The molecule has 0 radical (unpaired) electrons. The molecule has 0 heterocycles. The maximum atomic E-state index is 14.0. The number of aryl methyl sites for hydroxylation is 1. The molecule has 2 aromatic rings. The number of benzene rings is 2. The van der Waals surface area contributed by atoms with Gasteiger partial charge in [-0.25, -0.2) is 8.78 Å². The molecule has 0 aromatic heterocycles. The van der Waals surface area contributed by atoms with Crippen molar-refractivity contribution in [2.24, 2.45) is 0 Å². The fraction of sp³-hybridized carbons (Fsp3) is 0.250. The first-order chi connectivity index (χ1) is 9.88. The first kappa shape index (κ1) is 16.4. The van der Waals surface area contributed by atoms with E-state index in [0.29, 0.717) is 5.75 Å². The van der Waals surface area contributed by atoms with Crippen molar-refractivity contribution in [3.05, 3.63) is 62.6 Å². The molecule has 0 aliphatic rings. The number of rotatable bonds is 3. The van der Waals surface area contributed by atoms with Gasteiger partial charge in [0.15, 0.2) is 11.6 Å². The predicted octanol–water partition coefficient (Wildman–Crippen LogP) is 5.84. The van der Waals surface area contributed by atoms with Crippen LogP contribution in [0.4, 0.5) is 8.78 Å². The van der Waals surface area contributed by atoms with Gasteiger partial charge in [-0.1, -0.05) is 44.0 Å². The van der Waals surface area contributed by atoms with Crippen molar-refractivity contribution >= 4 is 31.9 Å². The van der Waals surface area contributed by atoms with E-state index in [1.807, 2.05) is 19.9 Å². The summed E-state index contributed by atoms with van der Waals surface area (Å²) in [4.78, 5) is -0.501. The first-order valence-electron chi connectivity index (χ1n) is 6.30. The fourth-order valence-electron chi connectivity index (χ4n) is 2.32. The van der Waals surface area contributed by atoms with Crippen LogP contribution in [0.1, 0.15) is 27.1 Å². The quantitative estimate of drug-likeness (QED) is 0.568. The van der Waals surface area contributed by atoms with E-state index in [1.54, 1.807) is 13.2 Å². The summed E-state index contributed by atoms with van der Waals surface area (Å²) in [5, 5.41) is 0. The lowest BCUT2D eigenvalue weighted by molar-refractivity contribution is 0.406. The zero-order valence-electron chi connectivity index (χ0n) is 11.8. The summed E-state index contributed by atoms with van der Waals surface area (Å²) in [5.74, 6) is -1.04. The molecule has 0 saturated carbocycles. The summed E-state index contributed by atoms with van der Waals surface area (Å²) < 4.78 is 33.9. The maximum absolute atomic E-state index is 14.0. The highest BCUT2D eigenvalue weighted by Gasteiger charge is 2.24. The Hall–Kier alpha value is -0.940. The Morgan fingerprint density at radius 2 is 1.86 bits per heavy atom. The van der Waals surface area contributed by atoms with Crippen LogP contribution in [0.15, 0.2) is 28.7 Å². The first-order valence-corrected chi connectivity index (χ1v) is 8.00. The highest BCUT2D eigenvalue weighted by molar-refractivity contribution is 9.10. The van der Waals surface area contributed by atoms with Crippen LogP contribution in [0.25, 0.3) is 0 Å². The average Bonchev–Trinajstić information content (AvgIpc) is 2.44. The van der Waals surface area contributed by atoms with E-state index in [1.165, 1.54) is 6.07 Å². The fourth-order valence-corrected chi connectivity index (χ4v) is 3.78. The summed E-state index contributed by atoms with van der Waals surface area (Å²) in [6, 6.07) is 6.11. The lowest BCUT2D eigenvalue weighted by Crippen LogP contribution is -2.05. The van der Waals surface area contributed by atoms with Crippen LogP contribution < -0.4 is 4.74 Å². The summed E-state index contributed by atoms with van der Waals surface area (Å²) in [6.07, 6.45) is 0. The number of hydrogen-bond acceptors (Lipinski definition) is 1. The highest BCUT2D eigenvalue weighted by Crippen LogP contribution is 2.43. The van der Waals surface area contributed by atoms with Gasteiger partial charge in [-0.3, -0.25) is 0 Å². The third kappa shape index (κ3) is 2.99. The number of hydrogen-bond donors (Lipinski definition) is 0. The van der Waals surface area contributed by atoms with E-state index in [9.17, 15) is 8.78 Å². The summed E-state index contributed by atoms with van der Waals surface area (Å²) >= 11 is 6.97. The number of halogens is 4. The molecule has 0 aliphatic carbocycles. The summed E-state index contributed by atoms with van der Waals surface area (Å²) in [5.41, 5.74) is 2.87. The van der Waals surface area contributed by atoms with Gasteiger partial charge in [0.05, 0.1) is 11.9 Å². The van der Waals surface area contributed by atoms with Gasteiger partial charge in [0, 0.05) is 15.6 Å². The van der Waals surface area contributed by atoms with E-state index in [0.717, 1.165) is 27.2 Å². The molecule has 1 unspecified atom stereocenters. The topological polar surface area (TPSA) is 9.23 Å². The Morgan fingerprint density at radius 3 is 2.48 bits per heavy atom. The number of methoxy groups -OCH3 is 1. The van der Waals surface area contributed by atoms with Crippen molar-refractivity contribution in [2.75, 3.05) is 7.11 Å². The Bertz CT molecular complexity index is 686. The van der Waals surface area contributed by atoms with Gasteiger partial charge in [-0.2, -0.15) is 0 Å². The Balaban J connectivity index is 2.68. The standard InChI is InChI=1S/C16H14Br2F2O/c1-8-7-11(17)9(2)13(16(8)21-3)14(18)10-5-4-6-12(19)15(10)20/h4-7,14H,1-3H3. The normalized spacial score (nSPS) is 12.3. The number of ether oxygens (including phenoxy) is 1. The lowest BCUT2D eigenvalue weighted by atomic mass is 9.96. The molecule has 5 heteroatoms.